The number of sulfonamides is 1. The van der Waals surface area contributed by atoms with E-state index in [-0.39, 0.29) is 28.7 Å². The third-order valence-corrected chi connectivity index (χ3v) is 8.00. The molecule has 0 bridgehead atoms. The van der Waals surface area contributed by atoms with Gasteiger partial charge >= 0.3 is 0 Å². The quantitative estimate of drug-likeness (QED) is 0.720. The number of carbonyl (C=O) groups excluding carboxylic acids is 2. The monoisotopic (exact) mass is 436 g/mol. The molecule has 3 fully saturated rings. The number of nitrogens with one attached hydrogen (secondary N) is 1. The Bertz CT molecular complexity index is 943. The highest BCUT2D eigenvalue weighted by Gasteiger charge is 2.43. The number of likely N-dealkylation sites (tertiary alicyclic amines) is 1. The van der Waals surface area contributed by atoms with E-state index in [1.165, 1.54) is 20.2 Å². The van der Waals surface area contributed by atoms with Crippen LogP contribution in [0.25, 0.3) is 0 Å². The topological polar surface area (TPSA) is 99.3 Å². The summed E-state index contributed by atoms with van der Waals surface area (Å²) >= 11 is 0. The number of anilines is 1. The molecule has 3 heterocycles. The van der Waals surface area contributed by atoms with E-state index in [1.807, 2.05) is 0 Å². The van der Waals surface area contributed by atoms with E-state index in [4.69, 9.17) is 4.74 Å². The molecule has 164 valence electrons. The van der Waals surface area contributed by atoms with Crippen molar-refractivity contribution < 1.29 is 22.7 Å². The van der Waals surface area contributed by atoms with Gasteiger partial charge in [-0.2, -0.15) is 0 Å². The lowest BCUT2D eigenvalue weighted by Crippen LogP contribution is -2.49. The van der Waals surface area contributed by atoms with E-state index in [0.717, 1.165) is 17.1 Å². The van der Waals surface area contributed by atoms with Crippen LogP contribution in [0.1, 0.15) is 23.2 Å². The van der Waals surface area contributed by atoms with Gasteiger partial charge in [-0.25, -0.2) is 12.7 Å². The zero-order chi connectivity index (χ0) is 21.5. The van der Waals surface area contributed by atoms with Crippen LogP contribution in [0.3, 0.4) is 0 Å². The molecule has 3 saturated heterocycles. The Hall–Kier alpha value is -2.17. The molecule has 1 aromatic rings. The molecule has 0 unspecified atom stereocenters. The number of hydrogen-bond acceptors (Lipinski definition) is 6. The Morgan fingerprint density at radius 1 is 1.20 bits per heavy atom. The van der Waals surface area contributed by atoms with Crippen LogP contribution < -0.4 is 10.2 Å². The average molecular weight is 437 g/mol. The Labute approximate surface area is 177 Å². The molecule has 0 radical (unpaired) electrons. The smallest absolute Gasteiger partial charge is 0.256 e. The minimum atomic E-state index is -3.68. The third-order valence-electron chi connectivity index (χ3n) is 6.19. The lowest BCUT2D eigenvalue weighted by atomic mass is 9.91. The van der Waals surface area contributed by atoms with Gasteiger partial charge < -0.3 is 19.9 Å². The predicted octanol–water partition coefficient (Wildman–Crippen LogP) is 0.124. The molecule has 2 atom stereocenters. The number of morpholine rings is 1. The second-order valence-electron chi connectivity index (χ2n) is 8.13. The summed E-state index contributed by atoms with van der Waals surface area (Å²) in [5.41, 5.74) is 1.07. The van der Waals surface area contributed by atoms with Gasteiger partial charge in [0.05, 0.1) is 35.6 Å². The Morgan fingerprint density at radius 2 is 1.93 bits per heavy atom. The molecule has 0 saturated carbocycles. The van der Waals surface area contributed by atoms with Crippen molar-refractivity contribution in [2.45, 2.75) is 23.8 Å². The fourth-order valence-electron chi connectivity index (χ4n) is 4.50. The summed E-state index contributed by atoms with van der Waals surface area (Å²) in [6.45, 7) is 3.37. The molecule has 0 spiro atoms. The number of piperidine rings is 1. The minimum absolute atomic E-state index is 0.00478. The molecule has 0 aliphatic carbocycles. The van der Waals surface area contributed by atoms with E-state index in [0.29, 0.717) is 50.6 Å². The van der Waals surface area contributed by atoms with Gasteiger partial charge in [0, 0.05) is 46.0 Å². The van der Waals surface area contributed by atoms with E-state index in [9.17, 15) is 18.0 Å². The molecular formula is C20H28N4O5S. The lowest BCUT2D eigenvalue weighted by Gasteiger charge is -2.37. The molecule has 2 amide bonds. The second kappa shape index (κ2) is 8.16. The van der Waals surface area contributed by atoms with Crippen molar-refractivity contribution >= 4 is 27.5 Å². The van der Waals surface area contributed by atoms with Gasteiger partial charge in [-0.05, 0) is 31.0 Å². The van der Waals surface area contributed by atoms with E-state index in [2.05, 4.69) is 10.2 Å². The van der Waals surface area contributed by atoms with Crippen LogP contribution in [0.5, 0.6) is 0 Å². The van der Waals surface area contributed by atoms with Gasteiger partial charge in [-0.15, -0.1) is 0 Å². The van der Waals surface area contributed by atoms with E-state index in [1.54, 1.807) is 17.0 Å². The average Bonchev–Trinajstić information content (AvgIpc) is 3.14. The zero-order valence-electron chi connectivity index (χ0n) is 17.3. The summed E-state index contributed by atoms with van der Waals surface area (Å²) < 4.78 is 32.0. The normalized spacial score (nSPS) is 24.7. The molecule has 9 nitrogen and oxygen atoms in total. The highest BCUT2D eigenvalue weighted by atomic mass is 32.2. The van der Waals surface area contributed by atoms with Gasteiger partial charge in [-0.3, -0.25) is 9.59 Å². The number of rotatable bonds is 4. The van der Waals surface area contributed by atoms with Crippen molar-refractivity contribution in [3.8, 4) is 0 Å². The van der Waals surface area contributed by atoms with Crippen molar-refractivity contribution in [2.24, 2.45) is 5.92 Å². The maximum absolute atomic E-state index is 13.7. The van der Waals surface area contributed by atoms with Gasteiger partial charge in [0.2, 0.25) is 15.9 Å². The van der Waals surface area contributed by atoms with E-state index >= 15 is 0 Å². The number of amides is 2. The van der Waals surface area contributed by atoms with Crippen LogP contribution in [-0.4, -0.2) is 89.0 Å². The summed E-state index contributed by atoms with van der Waals surface area (Å²) in [7, 11) is -0.744. The molecule has 1 N–H and O–H groups in total. The van der Waals surface area contributed by atoms with Crippen molar-refractivity contribution in [3.63, 3.8) is 0 Å². The number of hydrogen-bond donors (Lipinski definition) is 1. The first-order chi connectivity index (χ1) is 14.3. The third kappa shape index (κ3) is 3.67. The molecule has 10 heteroatoms. The van der Waals surface area contributed by atoms with Crippen LogP contribution in [-0.2, 0) is 19.6 Å². The van der Waals surface area contributed by atoms with Crippen LogP contribution in [0.4, 0.5) is 5.69 Å². The van der Waals surface area contributed by atoms with Crippen LogP contribution in [0.2, 0.25) is 0 Å². The fraction of sp³-hybridized carbons (Fsp3) is 0.600. The Balaban J connectivity index is 1.75. The Kier molecular flexibility index (Phi) is 5.73. The largest absolute Gasteiger partial charge is 0.378 e. The van der Waals surface area contributed by atoms with Crippen molar-refractivity contribution in [3.05, 3.63) is 23.8 Å². The summed E-state index contributed by atoms with van der Waals surface area (Å²) in [5, 5.41) is 2.86. The zero-order valence-corrected chi connectivity index (χ0v) is 18.2. The second-order valence-corrected chi connectivity index (χ2v) is 10.3. The molecule has 30 heavy (non-hydrogen) atoms. The number of fused-ring (bicyclic) bond motifs is 1. The maximum Gasteiger partial charge on any atom is 0.256 e. The highest BCUT2D eigenvalue weighted by molar-refractivity contribution is 7.89. The van der Waals surface area contributed by atoms with Gasteiger partial charge in [0.25, 0.3) is 5.91 Å². The summed E-state index contributed by atoms with van der Waals surface area (Å²) in [6, 6.07) is 4.56. The standard InChI is InChI=1S/C20H28N4O5S/c1-22(2)30(27,28)14-5-6-17(23-8-10-29-11-9-23)16(12-14)20(26)24-7-3-4-15-18(24)13-21-19(15)25/h5-6,12,15,18H,3-4,7-11,13H2,1-2H3,(H,21,25)/t15-,18+/m0/s1. The summed E-state index contributed by atoms with van der Waals surface area (Å²) in [6.07, 6.45) is 1.52. The predicted molar refractivity (Wildman–Crippen MR) is 111 cm³/mol. The molecule has 0 aromatic heterocycles. The molecule has 4 rings (SSSR count). The Morgan fingerprint density at radius 3 is 2.63 bits per heavy atom. The number of nitrogens with zero attached hydrogens (tertiary/aromatic N) is 3. The van der Waals surface area contributed by atoms with Crippen LogP contribution in [0, 0.1) is 5.92 Å². The van der Waals surface area contributed by atoms with Gasteiger partial charge in [0.1, 0.15) is 0 Å². The minimum Gasteiger partial charge on any atom is -0.378 e. The molecule has 1 aromatic carbocycles. The molecular weight excluding hydrogens is 408 g/mol. The first-order valence-electron chi connectivity index (χ1n) is 10.3. The van der Waals surface area contributed by atoms with Crippen LogP contribution in [0.15, 0.2) is 23.1 Å². The van der Waals surface area contributed by atoms with Crippen LogP contribution >= 0.6 is 0 Å². The molecule has 3 aliphatic heterocycles. The van der Waals surface area contributed by atoms with Crippen molar-refractivity contribution in [1.82, 2.24) is 14.5 Å². The highest BCUT2D eigenvalue weighted by Crippen LogP contribution is 2.32. The lowest BCUT2D eigenvalue weighted by molar-refractivity contribution is -0.123. The van der Waals surface area contributed by atoms with E-state index < -0.39 is 10.0 Å². The summed E-state index contributed by atoms with van der Waals surface area (Å²) in [4.78, 5) is 29.7. The van der Waals surface area contributed by atoms with Crippen molar-refractivity contribution in [1.29, 1.82) is 0 Å². The van der Waals surface area contributed by atoms with Gasteiger partial charge in [0.15, 0.2) is 0 Å². The maximum atomic E-state index is 13.7. The van der Waals surface area contributed by atoms with Gasteiger partial charge in [-0.1, -0.05) is 0 Å². The summed E-state index contributed by atoms with van der Waals surface area (Å²) in [5.74, 6) is -0.420. The SMILES string of the molecule is CN(C)S(=O)(=O)c1ccc(N2CCOCC2)c(C(=O)N2CCC[C@@H]3C(=O)NC[C@H]32)c1. The first kappa shape index (κ1) is 21.1. The van der Waals surface area contributed by atoms with Crippen molar-refractivity contribution in [2.75, 3.05) is 58.4 Å². The number of benzene rings is 1. The first-order valence-corrected chi connectivity index (χ1v) is 11.7. The fourth-order valence-corrected chi connectivity index (χ4v) is 5.42. The molecule has 3 aliphatic rings. The number of carbonyl (C=O) groups is 2. The number of ether oxygens (including phenoxy) is 1.